The predicted molar refractivity (Wildman–Crippen MR) is 51.3 cm³/mol. The Morgan fingerprint density at radius 2 is 2.15 bits per heavy atom. The summed E-state index contributed by atoms with van der Waals surface area (Å²) in [6.45, 7) is 7.57. The summed E-state index contributed by atoms with van der Waals surface area (Å²) in [4.78, 5) is 11.1. The monoisotopic (exact) mass is 186 g/mol. The lowest BCUT2D eigenvalue weighted by molar-refractivity contribution is -0.139. The molecule has 0 amide bonds. The zero-order valence-corrected chi connectivity index (χ0v) is 8.38. The van der Waals surface area contributed by atoms with Crippen LogP contribution < -0.4 is 0 Å². The number of aliphatic hydroxyl groups is 1. The Hall–Kier alpha value is -0.830. The van der Waals surface area contributed by atoms with E-state index in [0.29, 0.717) is 13.0 Å². The molecule has 3 nitrogen and oxygen atoms in total. The highest BCUT2D eigenvalue weighted by atomic mass is 16.5. The van der Waals surface area contributed by atoms with Gasteiger partial charge in [-0.25, -0.2) is 4.79 Å². The summed E-state index contributed by atoms with van der Waals surface area (Å²) >= 11 is 0. The minimum Gasteiger partial charge on any atom is -0.463 e. The summed E-state index contributed by atoms with van der Waals surface area (Å²) in [5.41, 5.74) is 0.162. The van der Waals surface area contributed by atoms with Crippen molar-refractivity contribution in [3.05, 3.63) is 12.2 Å². The number of esters is 1. The second-order valence-corrected chi connectivity index (χ2v) is 2.90. The molecule has 3 heteroatoms. The molecule has 1 unspecified atom stereocenters. The van der Waals surface area contributed by atoms with Gasteiger partial charge in [0.25, 0.3) is 0 Å². The molecular formula is C10H18O3. The van der Waals surface area contributed by atoms with Crippen molar-refractivity contribution >= 4 is 5.97 Å². The molecule has 0 bridgehead atoms. The fraction of sp³-hybridized carbons (Fsp3) is 0.700. The number of hydrogen-bond donors (Lipinski definition) is 1. The third-order valence-corrected chi connectivity index (χ3v) is 1.77. The van der Waals surface area contributed by atoms with Crippen LogP contribution in [0.25, 0.3) is 0 Å². The van der Waals surface area contributed by atoms with Crippen molar-refractivity contribution < 1.29 is 14.6 Å². The number of hydrogen-bond acceptors (Lipinski definition) is 3. The molecule has 0 rings (SSSR count). The molecule has 0 saturated heterocycles. The van der Waals surface area contributed by atoms with Gasteiger partial charge in [-0.1, -0.05) is 26.3 Å². The third-order valence-electron chi connectivity index (χ3n) is 1.77. The highest BCUT2D eigenvalue weighted by molar-refractivity contribution is 5.88. The van der Waals surface area contributed by atoms with Gasteiger partial charge in [-0.2, -0.15) is 0 Å². The quantitative estimate of drug-likeness (QED) is 0.507. The maximum absolute atomic E-state index is 11.1. The SMILES string of the molecule is C=C(C(=O)OCC)C(O)CCCC. The predicted octanol–water partition coefficient (Wildman–Crippen LogP) is 1.66. The number of carbonyl (C=O) groups is 1. The molecule has 0 aliphatic carbocycles. The van der Waals surface area contributed by atoms with E-state index in [1.54, 1.807) is 6.92 Å². The summed E-state index contributed by atoms with van der Waals surface area (Å²) in [6, 6.07) is 0. The smallest absolute Gasteiger partial charge is 0.336 e. The van der Waals surface area contributed by atoms with Crippen LogP contribution in [-0.4, -0.2) is 23.8 Å². The Morgan fingerprint density at radius 3 is 2.62 bits per heavy atom. The van der Waals surface area contributed by atoms with E-state index < -0.39 is 12.1 Å². The normalized spacial score (nSPS) is 12.2. The summed E-state index contributed by atoms with van der Waals surface area (Å²) < 4.78 is 4.71. The molecule has 0 aromatic heterocycles. The first-order chi connectivity index (χ1) is 6.13. The lowest BCUT2D eigenvalue weighted by atomic mass is 10.1. The van der Waals surface area contributed by atoms with Gasteiger partial charge in [0, 0.05) is 0 Å². The highest BCUT2D eigenvalue weighted by Crippen LogP contribution is 2.09. The summed E-state index contributed by atoms with van der Waals surface area (Å²) in [7, 11) is 0. The van der Waals surface area contributed by atoms with Crippen LogP contribution in [0.5, 0.6) is 0 Å². The van der Waals surface area contributed by atoms with Gasteiger partial charge in [0.15, 0.2) is 0 Å². The minimum absolute atomic E-state index is 0.162. The minimum atomic E-state index is -0.751. The topological polar surface area (TPSA) is 46.5 Å². The zero-order valence-electron chi connectivity index (χ0n) is 8.38. The van der Waals surface area contributed by atoms with Crippen molar-refractivity contribution in [2.24, 2.45) is 0 Å². The van der Waals surface area contributed by atoms with E-state index in [9.17, 15) is 9.90 Å². The number of unbranched alkanes of at least 4 members (excludes halogenated alkanes) is 1. The molecule has 1 N–H and O–H groups in total. The molecule has 76 valence electrons. The van der Waals surface area contributed by atoms with Crippen molar-refractivity contribution in [1.29, 1.82) is 0 Å². The molecule has 0 spiro atoms. The first kappa shape index (κ1) is 12.2. The average Bonchev–Trinajstić information content (AvgIpc) is 2.13. The van der Waals surface area contributed by atoms with E-state index in [-0.39, 0.29) is 5.57 Å². The molecule has 0 heterocycles. The fourth-order valence-electron chi connectivity index (χ4n) is 0.932. The second kappa shape index (κ2) is 6.66. The number of ether oxygens (including phenoxy) is 1. The standard InChI is InChI=1S/C10H18O3/c1-4-6-7-9(11)8(3)10(12)13-5-2/h9,11H,3-7H2,1-2H3. The van der Waals surface area contributed by atoms with Gasteiger partial charge in [0.05, 0.1) is 18.3 Å². The van der Waals surface area contributed by atoms with E-state index in [1.807, 2.05) is 6.92 Å². The van der Waals surface area contributed by atoms with Crippen molar-refractivity contribution in [2.45, 2.75) is 39.2 Å². The van der Waals surface area contributed by atoms with Gasteiger partial charge in [0.1, 0.15) is 0 Å². The Kier molecular flexibility index (Phi) is 6.24. The molecule has 1 atom stereocenters. The van der Waals surface area contributed by atoms with E-state index >= 15 is 0 Å². The lowest BCUT2D eigenvalue weighted by Crippen LogP contribution is -2.19. The Balaban J connectivity index is 3.87. The highest BCUT2D eigenvalue weighted by Gasteiger charge is 2.16. The van der Waals surface area contributed by atoms with Gasteiger partial charge >= 0.3 is 5.97 Å². The maximum atomic E-state index is 11.1. The van der Waals surface area contributed by atoms with Gasteiger partial charge in [-0.05, 0) is 13.3 Å². The second-order valence-electron chi connectivity index (χ2n) is 2.90. The average molecular weight is 186 g/mol. The molecule has 13 heavy (non-hydrogen) atoms. The van der Waals surface area contributed by atoms with Crippen LogP contribution in [0, 0.1) is 0 Å². The fourth-order valence-corrected chi connectivity index (χ4v) is 0.932. The van der Waals surface area contributed by atoms with Crippen molar-refractivity contribution in [1.82, 2.24) is 0 Å². The Morgan fingerprint density at radius 1 is 1.54 bits per heavy atom. The van der Waals surface area contributed by atoms with E-state index in [2.05, 4.69) is 6.58 Å². The van der Waals surface area contributed by atoms with Crippen molar-refractivity contribution in [2.75, 3.05) is 6.61 Å². The molecule has 0 aliphatic rings. The third kappa shape index (κ3) is 4.68. The largest absolute Gasteiger partial charge is 0.463 e. The first-order valence-electron chi connectivity index (χ1n) is 4.67. The van der Waals surface area contributed by atoms with Crippen LogP contribution in [0.1, 0.15) is 33.1 Å². The van der Waals surface area contributed by atoms with Crippen LogP contribution in [0.4, 0.5) is 0 Å². The summed E-state index contributed by atoms with van der Waals surface area (Å²) in [5.74, 6) is -0.494. The van der Waals surface area contributed by atoms with Crippen LogP contribution in [0.3, 0.4) is 0 Å². The van der Waals surface area contributed by atoms with Crippen LogP contribution >= 0.6 is 0 Å². The van der Waals surface area contributed by atoms with Gasteiger partial charge in [0.2, 0.25) is 0 Å². The molecule has 0 aliphatic heterocycles. The molecule has 0 aromatic rings. The lowest BCUT2D eigenvalue weighted by Gasteiger charge is -2.11. The van der Waals surface area contributed by atoms with Crippen LogP contribution in [0.2, 0.25) is 0 Å². The summed E-state index contributed by atoms with van der Waals surface area (Å²) in [5, 5.41) is 9.45. The van der Waals surface area contributed by atoms with Crippen molar-refractivity contribution in [3.8, 4) is 0 Å². The van der Waals surface area contributed by atoms with Gasteiger partial charge in [-0.15, -0.1) is 0 Å². The molecular weight excluding hydrogens is 168 g/mol. The summed E-state index contributed by atoms with van der Waals surface area (Å²) in [6.07, 6.45) is 1.71. The van der Waals surface area contributed by atoms with E-state index in [4.69, 9.17) is 4.74 Å². The Bertz CT molecular complexity index is 175. The molecule has 0 aromatic carbocycles. The van der Waals surface area contributed by atoms with Crippen LogP contribution in [0.15, 0.2) is 12.2 Å². The number of rotatable bonds is 6. The van der Waals surface area contributed by atoms with Gasteiger partial charge < -0.3 is 9.84 Å². The van der Waals surface area contributed by atoms with E-state index in [1.165, 1.54) is 0 Å². The maximum Gasteiger partial charge on any atom is 0.336 e. The molecule has 0 radical (unpaired) electrons. The van der Waals surface area contributed by atoms with Crippen molar-refractivity contribution in [3.63, 3.8) is 0 Å². The number of aliphatic hydroxyl groups excluding tert-OH is 1. The van der Waals surface area contributed by atoms with E-state index in [0.717, 1.165) is 12.8 Å². The molecule has 0 fully saturated rings. The molecule has 0 saturated carbocycles. The first-order valence-corrected chi connectivity index (χ1v) is 4.67. The number of carbonyl (C=O) groups excluding carboxylic acids is 1. The van der Waals surface area contributed by atoms with Gasteiger partial charge in [-0.3, -0.25) is 0 Å². The zero-order chi connectivity index (χ0) is 10.3. The van der Waals surface area contributed by atoms with Crippen LogP contribution in [-0.2, 0) is 9.53 Å². The Labute approximate surface area is 79.4 Å².